The van der Waals surface area contributed by atoms with Crippen LogP contribution >= 0.6 is 0 Å². The van der Waals surface area contributed by atoms with Crippen molar-refractivity contribution in [3.63, 3.8) is 0 Å². The molecule has 0 amide bonds. The molecule has 1 aromatic rings. The van der Waals surface area contributed by atoms with E-state index in [4.69, 9.17) is 4.74 Å². The molecule has 1 aromatic heterocycles. The molecule has 1 saturated heterocycles. The third kappa shape index (κ3) is 2.99. The van der Waals surface area contributed by atoms with Crippen LogP contribution in [0.15, 0.2) is 12.5 Å². The van der Waals surface area contributed by atoms with Gasteiger partial charge in [0.05, 0.1) is 30.8 Å². The number of ether oxygens (including phenoxy) is 1. The van der Waals surface area contributed by atoms with Crippen molar-refractivity contribution in [3.8, 4) is 0 Å². The van der Waals surface area contributed by atoms with Crippen LogP contribution in [0.5, 0.6) is 0 Å². The fourth-order valence-corrected chi connectivity index (χ4v) is 2.87. The number of imidazole rings is 1. The summed E-state index contributed by atoms with van der Waals surface area (Å²) in [6.45, 7) is 10.3. The highest BCUT2D eigenvalue weighted by molar-refractivity contribution is 5.11. The summed E-state index contributed by atoms with van der Waals surface area (Å²) in [7, 11) is 1.98. The van der Waals surface area contributed by atoms with Crippen LogP contribution in [0, 0.1) is 0 Å². The maximum absolute atomic E-state index is 5.98. The monoisotopic (exact) mass is 266 g/mol. The van der Waals surface area contributed by atoms with E-state index < -0.39 is 0 Å². The van der Waals surface area contributed by atoms with Crippen molar-refractivity contribution in [1.29, 1.82) is 0 Å². The summed E-state index contributed by atoms with van der Waals surface area (Å²) in [4.78, 5) is 6.83. The fraction of sp³-hybridized carbons (Fsp3) is 0.786. The van der Waals surface area contributed by atoms with Gasteiger partial charge >= 0.3 is 0 Å². The van der Waals surface area contributed by atoms with Crippen molar-refractivity contribution in [2.24, 2.45) is 0 Å². The Morgan fingerprint density at radius 1 is 1.53 bits per heavy atom. The first-order valence-electron chi connectivity index (χ1n) is 7.21. The average Bonchev–Trinajstić information content (AvgIpc) is 2.87. The molecular formula is C14H26N4O. The SMILES string of the molecule is CCN1CCOC(CNC)C1c1cncn1C(C)C. The molecule has 2 unspecified atom stereocenters. The van der Waals surface area contributed by atoms with Crippen molar-refractivity contribution in [2.75, 3.05) is 33.3 Å². The van der Waals surface area contributed by atoms with Crippen LogP contribution in [-0.4, -0.2) is 53.8 Å². The van der Waals surface area contributed by atoms with E-state index in [0.717, 1.165) is 26.2 Å². The van der Waals surface area contributed by atoms with Crippen molar-refractivity contribution in [2.45, 2.75) is 39.0 Å². The van der Waals surface area contributed by atoms with Crippen molar-refractivity contribution >= 4 is 0 Å². The quantitative estimate of drug-likeness (QED) is 0.876. The molecule has 1 N–H and O–H groups in total. The second kappa shape index (κ2) is 6.50. The lowest BCUT2D eigenvalue weighted by Gasteiger charge is -2.41. The highest BCUT2D eigenvalue weighted by Gasteiger charge is 2.34. The molecule has 108 valence electrons. The predicted octanol–water partition coefficient (Wildman–Crippen LogP) is 1.45. The van der Waals surface area contributed by atoms with Gasteiger partial charge in [-0.2, -0.15) is 0 Å². The number of likely N-dealkylation sites (N-methyl/N-ethyl adjacent to an activating group) is 2. The summed E-state index contributed by atoms with van der Waals surface area (Å²) in [6, 6.07) is 0.712. The Balaban J connectivity index is 2.31. The lowest BCUT2D eigenvalue weighted by molar-refractivity contribution is -0.0712. The summed E-state index contributed by atoms with van der Waals surface area (Å²) in [5, 5.41) is 3.24. The molecule has 2 rings (SSSR count). The zero-order valence-electron chi connectivity index (χ0n) is 12.5. The van der Waals surface area contributed by atoms with Gasteiger partial charge in [0.1, 0.15) is 0 Å². The van der Waals surface area contributed by atoms with Gasteiger partial charge in [-0.3, -0.25) is 4.90 Å². The smallest absolute Gasteiger partial charge is 0.0951 e. The van der Waals surface area contributed by atoms with Crippen molar-refractivity contribution in [1.82, 2.24) is 19.8 Å². The van der Waals surface area contributed by atoms with E-state index in [-0.39, 0.29) is 12.1 Å². The second-order valence-electron chi connectivity index (χ2n) is 5.36. The first kappa shape index (κ1) is 14.5. The molecular weight excluding hydrogens is 240 g/mol. The van der Waals surface area contributed by atoms with Crippen molar-refractivity contribution in [3.05, 3.63) is 18.2 Å². The highest BCUT2D eigenvalue weighted by Crippen LogP contribution is 2.30. The zero-order chi connectivity index (χ0) is 13.8. The highest BCUT2D eigenvalue weighted by atomic mass is 16.5. The maximum Gasteiger partial charge on any atom is 0.0951 e. The Hall–Kier alpha value is -0.910. The Kier molecular flexibility index (Phi) is 4.96. The summed E-state index contributed by atoms with van der Waals surface area (Å²) in [5.41, 5.74) is 1.26. The van der Waals surface area contributed by atoms with E-state index in [1.54, 1.807) is 0 Å². The Bertz CT molecular complexity index is 389. The number of aromatic nitrogens is 2. The summed E-state index contributed by atoms with van der Waals surface area (Å²) in [6.07, 6.45) is 4.11. The molecule has 0 aromatic carbocycles. The van der Waals surface area contributed by atoms with Gasteiger partial charge in [-0.25, -0.2) is 4.98 Å². The van der Waals surface area contributed by atoms with Crippen molar-refractivity contribution < 1.29 is 4.74 Å². The number of morpholine rings is 1. The van der Waals surface area contributed by atoms with Crippen LogP contribution < -0.4 is 5.32 Å². The molecule has 1 aliphatic heterocycles. The van der Waals surface area contributed by atoms with Gasteiger partial charge in [0.2, 0.25) is 0 Å². The molecule has 2 atom stereocenters. The molecule has 5 nitrogen and oxygen atoms in total. The second-order valence-corrected chi connectivity index (χ2v) is 5.36. The van der Waals surface area contributed by atoms with Crippen LogP contribution in [0.25, 0.3) is 0 Å². The Morgan fingerprint density at radius 3 is 2.95 bits per heavy atom. The van der Waals surface area contributed by atoms with Gasteiger partial charge in [-0.05, 0) is 27.4 Å². The zero-order valence-corrected chi connectivity index (χ0v) is 12.5. The summed E-state index contributed by atoms with van der Waals surface area (Å²) in [5.74, 6) is 0. The number of hydrogen-bond acceptors (Lipinski definition) is 4. The topological polar surface area (TPSA) is 42.3 Å². The number of nitrogens with one attached hydrogen (secondary N) is 1. The van der Waals surface area contributed by atoms with Gasteiger partial charge in [0, 0.05) is 25.3 Å². The summed E-state index contributed by atoms with van der Waals surface area (Å²) >= 11 is 0. The Morgan fingerprint density at radius 2 is 2.32 bits per heavy atom. The van der Waals surface area contributed by atoms with Crippen LogP contribution in [0.4, 0.5) is 0 Å². The lowest BCUT2D eigenvalue weighted by Crippen LogP contribution is -2.49. The molecule has 2 heterocycles. The fourth-order valence-electron chi connectivity index (χ4n) is 2.87. The number of hydrogen-bond donors (Lipinski definition) is 1. The van der Waals surface area contributed by atoms with Gasteiger partial charge in [-0.15, -0.1) is 0 Å². The Labute approximate surface area is 116 Å². The largest absolute Gasteiger partial charge is 0.374 e. The third-order valence-corrected chi connectivity index (χ3v) is 3.82. The normalized spacial score (nSPS) is 25.1. The van der Waals surface area contributed by atoms with E-state index >= 15 is 0 Å². The molecule has 19 heavy (non-hydrogen) atoms. The predicted molar refractivity (Wildman–Crippen MR) is 76.3 cm³/mol. The first-order valence-corrected chi connectivity index (χ1v) is 7.21. The van der Waals surface area contributed by atoms with E-state index in [9.17, 15) is 0 Å². The van der Waals surface area contributed by atoms with Crippen LogP contribution in [0.1, 0.15) is 38.5 Å². The van der Waals surface area contributed by atoms with Crippen LogP contribution in [-0.2, 0) is 4.74 Å². The lowest BCUT2D eigenvalue weighted by atomic mass is 10.0. The van der Waals surface area contributed by atoms with Crippen LogP contribution in [0.3, 0.4) is 0 Å². The van der Waals surface area contributed by atoms with Gasteiger partial charge in [0.25, 0.3) is 0 Å². The minimum absolute atomic E-state index is 0.188. The first-order chi connectivity index (χ1) is 9.19. The number of nitrogens with zero attached hydrogens (tertiary/aromatic N) is 3. The number of rotatable bonds is 5. The molecule has 0 spiro atoms. The molecule has 0 aliphatic carbocycles. The van der Waals surface area contributed by atoms with E-state index in [1.165, 1.54) is 5.69 Å². The molecule has 5 heteroatoms. The van der Waals surface area contributed by atoms with Gasteiger partial charge < -0.3 is 14.6 Å². The van der Waals surface area contributed by atoms with E-state index in [2.05, 4.69) is 40.5 Å². The third-order valence-electron chi connectivity index (χ3n) is 3.82. The van der Waals surface area contributed by atoms with E-state index in [1.807, 2.05) is 19.6 Å². The van der Waals surface area contributed by atoms with Gasteiger partial charge in [0.15, 0.2) is 0 Å². The van der Waals surface area contributed by atoms with Gasteiger partial charge in [-0.1, -0.05) is 6.92 Å². The van der Waals surface area contributed by atoms with Crippen LogP contribution in [0.2, 0.25) is 0 Å². The molecule has 0 saturated carbocycles. The minimum atomic E-state index is 0.188. The molecule has 0 radical (unpaired) electrons. The summed E-state index contributed by atoms with van der Waals surface area (Å²) < 4.78 is 8.23. The average molecular weight is 266 g/mol. The minimum Gasteiger partial charge on any atom is -0.374 e. The molecule has 1 aliphatic rings. The molecule has 0 bridgehead atoms. The molecule has 1 fully saturated rings. The maximum atomic E-state index is 5.98. The van der Waals surface area contributed by atoms with E-state index in [0.29, 0.717) is 6.04 Å². The standard InChI is InChI=1S/C14H26N4O/c1-5-17-6-7-19-13(9-15-4)14(17)12-8-16-10-18(12)11(2)3/h8,10-11,13-15H,5-7,9H2,1-4H3.